The van der Waals surface area contributed by atoms with Gasteiger partial charge in [-0.05, 0) is 31.2 Å². The summed E-state index contributed by atoms with van der Waals surface area (Å²) in [5, 5.41) is 16.6. The zero-order valence-electron chi connectivity index (χ0n) is 13.3. The second-order valence-corrected chi connectivity index (χ2v) is 6.20. The van der Waals surface area contributed by atoms with Crippen molar-refractivity contribution in [2.75, 3.05) is 0 Å². The lowest BCUT2D eigenvalue weighted by Gasteiger charge is -1.95. The van der Waals surface area contributed by atoms with Gasteiger partial charge in [0.05, 0.1) is 11.3 Å². The van der Waals surface area contributed by atoms with Gasteiger partial charge in [-0.2, -0.15) is 0 Å². The van der Waals surface area contributed by atoms with Crippen LogP contribution in [0.15, 0.2) is 62.8 Å². The Morgan fingerprint density at radius 3 is 2.48 bits per heavy atom. The number of hydrogen-bond acceptors (Lipinski definition) is 8. The number of nitrogens with zero attached hydrogens (tertiary/aromatic N) is 5. The third-order valence-corrected chi connectivity index (χ3v) is 4.20. The van der Waals surface area contributed by atoms with Crippen molar-refractivity contribution in [3.8, 4) is 22.9 Å². The first-order valence-corrected chi connectivity index (χ1v) is 8.52. The SMILES string of the molecule is Cc1ccc(-c2nnc(CSc3nnc(-c4cccnc4)o3)o2)cc1. The van der Waals surface area contributed by atoms with Crippen LogP contribution in [0.3, 0.4) is 0 Å². The predicted octanol–water partition coefficient (Wildman–Crippen LogP) is 3.78. The molecule has 0 fully saturated rings. The lowest BCUT2D eigenvalue weighted by Crippen LogP contribution is -1.80. The molecule has 0 saturated heterocycles. The Hall–Kier alpha value is -3.00. The van der Waals surface area contributed by atoms with E-state index in [0.717, 1.165) is 11.1 Å². The van der Waals surface area contributed by atoms with Crippen molar-refractivity contribution in [1.29, 1.82) is 0 Å². The number of aryl methyl sites for hydroxylation is 1. The first-order chi connectivity index (χ1) is 12.3. The molecular formula is C17H13N5O2S. The van der Waals surface area contributed by atoms with E-state index < -0.39 is 0 Å². The summed E-state index contributed by atoms with van der Waals surface area (Å²) in [4.78, 5) is 4.03. The van der Waals surface area contributed by atoms with Crippen LogP contribution >= 0.6 is 11.8 Å². The highest BCUT2D eigenvalue weighted by atomic mass is 32.2. The smallest absolute Gasteiger partial charge is 0.277 e. The van der Waals surface area contributed by atoms with E-state index in [1.807, 2.05) is 43.3 Å². The molecule has 7 nitrogen and oxygen atoms in total. The summed E-state index contributed by atoms with van der Waals surface area (Å²) >= 11 is 1.34. The van der Waals surface area contributed by atoms with Crippen LogP contribution in [-0.4, -0.2) is 25.4 Å². The number of thioether (sulfide) groups is 1. The van der Waals surface area contributed by atoms with Crippen LogP contribution in [0.25, 0.3) is 22.9 Å². The topological polar surface area (TPSA) is 90.7 Å². The van der Waals surface area contributed by atoms with Crippen molar-refractivity contribution in [1.82, 2.24) is 25.4 Å². The zero-order valence-corrected chi connectivity index (χ0v) is 14.1. The van der Waals surface area contributed by atoms with E-state index in [2.05, 4.69) is 25.4 Å². The predicted molar refractivity (Wildman–Crippen MR) is 91.6 cm³/mol. The fraction of sp³-hybridized carbons (Fsp3) is 0.118. The molecule has 0 aliphatic rings. The van der Waals surface area contributed by atoms with E-state index >= 15 is 0 Å². The molecule has 0 N–H and O–H groups in total. The summed E-state index contributed by atoms with van der Waals surface area (Å²) in [6.07, 6.45) is 3.37. The lowest BCUT2D eigenvalue weighted by atomic mass is 10.1. The minimum Gasteiger partial charge on any atom is -0.420 e. The molecule has 8 heteroatoms. The van der Waals surface area contributed by atoms with Crippen LogP contribution in [0.5, 0.6) is 0 Å². The third kappa shape index (κ3) is 3.58. The van der Waals surface area contributed by atoms with Gasteiger partial charge < -0.3 is 8.83 Å². The summed E-state index contributed by atoms with van der Waals surface area (Å²) in [6, 6.07) is 11.6. The van der Waals surface area contributed by atoms with E-state index in [-0.39, 0.29) is 0 Å². The minimum atomic E-state index is 0.432. The minimum absolute atomic E-state index is 0.432. The van der Waals surface area contributed by atoms with Gasteiger partial charge in [0.2, 0.25) is 17.7 Å². The standard InChI is InChI=1S/C17H13N5O2S/c1-11-4-6-12(7-5-11)15-20-19-14(23-15)10-25-17-22-21-16(24-17)13-3-2-8-18-9-13/h2-9H,10H2,1H3. The molecule has 3 heterocycles. The van der Waals surface area contributed by atoms with Gasteiger partial charge in [-0.3, -0.25) is 4.98 Å². The van der Waals surface area contributed by atoms with Crippen molar-refractivity contribution in [3.63, 3.8) is 0 Å². The maximum absolute atomic E-state index is 5.68. The molecule has 0 spiro atoms. The average Bonchev–Trinajstić information content (AvgIpc) is 3.31. The normalized spacial score (nSPS) is 10.9. The summed E-state index contributed by atoms with van der Waals surface area (Å²) in [5.74, 6) is 1.88. The fourth-order valence-corrected chi connectivity index (χ4v) is 2.72. The number of aromatic nitrogens is 5. The van der Waals surface area contributed by atoms with E-state index in [1.54, 1.807) is 12.4 Å². The van der Waals surface area contributed by atoms with E-state index in [0.29, 0.717) is 28.6 Å². The number of pyridine rings is 1. The molecule has 0 atom stereocenters. The third-order valence-electron chi connectivity index (χ3n) is 3.40. The van der Waals surface area contributed by atoms with Crippen molar-refractivity contribution >= 4 is 11.8 Å². The molecule has 4 aromatic rings. The van der Waals surface area contributed by atoms with Gasteiger partial charge in [-0.15, -0.1) is 20.4 Å². The van der Waals surface area contributed by atoms with Crippen LogP contribution in [0.2, 0.25) is 0 Å². The summed E-state index contributed by atoms with van der Waals surface area (Å²) in [6.45, 7) is 2.03. The second kappa shape index (κ2) is 6.86. The van der Waals surface area contributed by atoms with Crippen LogP contribution in [0.4, 0.5) is 0 Å². The first kappa shape index (κ1) is 15.5. The second-order valence-electron chi connectivity index (χ2n) is 5.27. The molecule has 4 rings (SSSR count). The van der Waals surface area contributed by atoms with Gasteiger partial charge >= 0.3 is 0 Å². The first-order valence-electron chi connectivity index (χ1n) is 7.54. The van der Waals surface area contributed by atoms with Gasteiger partial charge in [0, 0.05) is 18.0 Å². The molecule has 0 aliphatic heterocycles. The Kier molecular flexibility index (Phi) is 4.26. The van der Waals surface area contributed by atoms with Crippen molar-refractivity contribution in [3.05, 3.63) is 60.2 Å². The van der Waals surface area contributed by atoms with Gasteiger partial charge in [0.15, 0.2) is 0 Å². The Labute approximate surface area is 147 Å². The molecule has 0 amide bonds. The van der Waals surface area contributed by atoms with E-state index in [1.165, 1.54) is 17.3 Å². The molecule has 0 aliphatic carbocycles. The maximum Gasteiger partial charge on any atom is 0.277 e. The number of benzene rings is 1. The average molecular weight is 351 g/mol. The Morgan fingerprint density at radius 2 is 1.68 bits per heavy atom. The molecule has 1 aromatic carbocycles. The Bertz CT molecular complexity index is 966. The molecule has 0 radical (unpaired) electrons. The van der Waals surface area contributed by atoms with Gasteiger partial charge in [-0.25, -0.2) is 0 Å². The van der Waals surface area contributed by atoms with Crippen LogP contribution < -0.4 is 0 Å². The lowest BCUT2D eigenvalue weighted by molar-refractivity contribution is 0.464. The van der Waals surface area contributed by atoms with E-state index in [4.69, 9.17) is 8.83 Å². The van der Waals surface area contributed by atoms with Crippen LogP contribution in [0, 0.1) is 6.92 Å². The quantitative estimate of drug-likeness (QED) is 0.502. The molecule has 3 aromatic heterocycles. The highest BCUT2D eigenvalue weighted by molar-refractivity contribution is 7.98. The Morgan fingerprint density at radius 1 is 0.880 bits per heavy atom. The van der Waals surface area contributed by atoms with Gasteiger partial charge in [0.25, 0.3) is 5.22 Å². The summed E-state index contributed by atoms with van der Waals surface area (Å²) in [7, 11) is 0. The summed E-state index contributed by atoms with van der Waals surface area (Å²) in [5.41, 5.74) is 2.85. The monoisotopic (exact) mass is 351 g/mol. The Balaban J connectivity index is 1.42. The highest BCUT2D eigenvalue weighted by Gasteiger charge is 2.13. The molecule has 124 valence electrons. The number of rotatable bonds is 5. The summed E-state index contributed by atoms with van der Waals surface area (Å²) < 4.78 is 11.3. The van der Waals surface area contributed by atoms with Gasteiger partial charge in [0.1, 0.15) is 0 Å². The molecule has 0 unspecified atom stereocenters. The number of hydrogen-bond donors (Lipinski definition) is 0. The molecular weight excluding hydrogens is 338 g/mol. The van der Waals surface area contributed by atoms with Crippen molar-refractivity contribution in [2.45, 2.75) is 17.9 Å². The largest absolute Gasteiger partial charge is 0.420 e. The van der Waals surface area contributed by atoms with Crippen LogP contribution in [0.1, 0.15) is 11.5 Å². The fourth-order valence-electron chi connectivity index (χ4n) is 2.12. The zero-order chi connectivity index (χ0) is 17.1. The van der Waals surface area contributed by atoms with E-state index in [9.17, 15) is 0 Å². The molecule has 25 heavy (non-hydrogen) atoms. The molecule has 0 saturated carbocycles. The van der Waals surface area contributed by atoms with Crippen molar-refractivity contribution in [2.24, 2.45) is 0 Å². The van der Waals surface area contributed by atoms with Crippen molar-refractivity contribution < 1.29 is 8.83 Å². The van der Waals surface area contributed by atoms with Gasteiger partial charge in [-0.1, -0.05) is 29.5 Å². The molecule has 0 bridgehead atoms. The van der Waals surface area contributed by atoms with Crippen LogP contribution in [-0.2, 0) is 5.75 Å². The highest BCUT2D eigenvalue weighted by Crippen LogP contribution is 2.26. The maximum atomic E-state index is 5.68.